The third kappa shape index (κ3) is 13.1. The third-order valence-corrected chi connectivity index (χ3v) is 3.83. The summed E-state index contributed by atoms with van der Waals surface area (Å²) in [4.78, 5) is 13.7. The Balaban J connectivity index is 0. The number of rotatable bonds is 12. The minimum atomic E-state index is -0.198. The van der Waals surface area contributed by atoms with Crippen LogP contribution in [0.4, 0.5) is 0 Å². The van der Waals surface area contributed by atoms with Crippen LogP contribution in [0.3, 0.4) is 0 Å². The fourth-order valence-electron chi connectivity index (χ4n) is 2.03. The highest BCUT2D eigenvalue weighted by Crippen LogP contribution is 2.11. The Kier molecular flexibility index (Phi) is 16.6. The van der Waals surface area contributed by atoms with Gasteiger partial charge in [-0.2, -0.15) is 0 Å². The van der Waals surface area contributed by atoms with Crippen molar-refractivity contribution in [2.45, 2.75) is 84.8 Å². The molecule has 0 spiro atoms. The van der Waals surface area contributed by atoms with Crippen LogP contribution in [0.15, 0.2) is 11.6 Å². The number of halogens is 1. The topological polar surface area (TPSA) is 29.5 Å². The first-order valence-electron chi connectivity index (χ1n) is 8.53. The van der Waals surface area contributed by atoms with Crippen molar-refractivity contribution in [1.82, 2.24) is 4.90 Å². The Hall–Kier alpha value is -0.540. The summed E-state index contributed by atoms with van der Waals surface area (Å²) < 4.78 is 5.33. The summed E-state index contributed by atoms with van der Waals surface area (Å²) in [5.41, 5.74) is 0.728. The average Bonchev–Trinajstić information content (AvgIpc) is 2.44. The van der Waals surface area contributed by atoms with Crippen molar-refractivity contribution in [3.63, 3.8) is 0 Å². The Bertz CT molecular complexity index is 303. The fraction of sp³-hybridized carbons (Fsp3) is 0.833. The number of nitrogens with zero attached hydrogens (tertiary/aromatic N) is 1. The number of hydrogen-bond acceptors (Lipinski definition) is 3. The molecule has 0 aliphatic carbocycles. The summed E-state index contributed by atoms with van der Waals surface area (Å²) in [6.07, 6.45) is 13.4. The normalized spacial score (nSPS) is 12.9. The van der Waals surface area contributed by atoms with Crippen molar-refractivity contribution in [1.29, 1.82) is 0 Å². The minimum Gasteiger partial charge on any atom is -0.443 e. The third-order valence-electron chi connectivity index (χ3n) is 3.83. The van der Waals surface area contributed by atoms with E-state index >= 15 is 0 Å². The van der Waals surface area contributed by atoms with E-state index in [0.717, 1.165) is 12.0 Å². The van der Waals surface area contributed by atoms with E-state index in [-0.39, 0.29) is 24.6 Å². The van der Waals surface area contributed by atoms with Crippen molar-refractivity contribution in [2.75, 3.05) is 14.1 Å². The molecular weight excluding hydrogens is 298 g/mol. The molecule has 132 valence electrons. The molecule has 0 rings (SSSR count). The molecule has 0 amide bonds. The zero-order valence-corrected chi connectivity index (χ0v) is 16.0. The van der Waals surface area contributed by atoms with E-state index in [1.165, 1.54) is 51.4 Å². The van der Waals surface area contributed by atoms with Gasteiger partial charge in [-0.05, 0) is 40.8 Å². The van der Waals surface area contributed by atoms with Gasteiger partial charge in [-0.1, -0.05) is 57.9 Å². The number of esters is 1. The molecular formula is C18H36ClNO2. The van der Waals surface area contributed by atoms with Gasteiger partial charge in [0.05, 0.1) is 0 Å². The van der Waals surface area contributed by atoms with Gasteiger partial charge >= 0.3 is 5.97 Å². The standard InChI is InChI=1S/C18H35NO2.ClH/c1-6-7-8-9-10-11-12-13-14-15-16(2)18(20)21-17(3)19(4)5;/h15,17H,6-14H2,1-5H3;1H. The highest BCUT2D eigenvalue weighted by molar-refractivity contribution is 5.87. The lowest BCUT2D eigenvalue weighted by Crippen LogP contribution is -2.30. The second kappa shape index (κ2) is 15.4. The highest BCUT2D eigenvalue weighted by atomic mass is 35.5. The van der Waals surface area contributed by atoms with E-state index in [1.807, 2.05) is 38.9 Å². The lowest BCUT2D eigenvalue weighted by Gasteiger charge is -2.19. The largest absolute Gasteiger partial charge is 0.443 e. The smallest absolute Gasteiger partial charge is 0.334 e. The van der Waals surface area contributed by atoms with Crippen LogP contribution in [0.5, 0.6) is 0 Å². The zero-order chi connectivity index (χ0) is 16.1. The molecule has 0 aliphatic rings. The summed E-state index contributed by atoms with van der Waals surface area (Å²) in [5.74, 6) is -0.198. The summed E-state index contributed by atoms with van der Waals surface area (Å²) in [5, 5.41) is 0. The molecule has 0 heterocycles. The van der Waals surface area contributed by atoms with E-state index in [9.17, 15) is 4.79 Å². The van der Waals surface area contributed by atoms with Gasteiger partial charge in [0.15, 0.2) is 6.23 Å². The van der Waals surface area contributed by atoms with Gasteiger partial charge in [-0.15, -0.1) is 12.4 Å². The molecule has 0 aromatic rings. The molecule has 1 unspecified atom stereocenters. The predicted octanol–water partition coefficient (Wildman–Crippen LogP) is 5.34. The molecule has 0 bridgehead atoms. The maximum absolute atomic E-state index is 11.8. The van der Waals surface area contributed by atoms with Crippen LogP contribution >= 0.6 is 12.4 Å². The van der Waals surface area contributed by atoms with E-state index in [2.05, 4.69) is 6.92 Å². The van der Waals surface area contributed by atoms with Gasteiger partial charge in [-0.3, -0.25) is 4.90 Å². The van der Waals surface area contributed by atoms with Crippen LogP contribution in [0.25, 0.3) is 0 Å². The number of allylic oxidation sites excluding steroid dienone is 1. The maximum atomic E-state index is 11.8. The number of ether oxygens (including phenoxy) is 1. The summed E-state index contributed by atoms with van der Waals surface area (Å²) in [7, 11) is 3.80. The minimum absolute atomic E-state index is 0. The number of unbranched alkanes of at least 4 members (excludes halogenated alkanes) is 8. The molecule has 1 atom stereocenters. The van der Waals surface area contributed by atoms with Crippen LogP contribution in [0.2, 0.25) is 0 Å². The Labute approximate surface area is 143 Å². The Morgan fingerprint density at radius 3 is 2.05 bits per heavy atom. The second-order valence-electron chi connectivity index (χ2n) is 6.12. The molecule has 0 aromatic heterocycles. The number of carbonyl (C=O) groups is 1. The van der Waals surface area contributed by atoms with Crippen molar-refractivity contribution >= 4 is 18.4 Å². The summed E-state index contributed by atoms with van der Waals surface area (Å²) >= 11 is 0. The van der Waals surface area contributed by atoms with Crippen LogP contribution in [-0.4, -0.2) is 31.2 Å². The first-order chi connectivity index (χ1) is 9.99. The van der Waals surface area contributed by atoms with Crippen LogP contribution in [0.1, 0.15) is 78.6 Å². The summed E-state index contributed by atoms with van der Waals surface area (Å²) in [6, 6.07) is 0. The molecule has 0 N–H and O–H groups in total. The van der Waals surface area contributed by atoms with Gasteiger partial charge in [0.2, 0.25) is 0 Å². The van der Waals surface area contributed by atoms with E-state index in [4.69, 9.17) is 4.74 Å². The Morgan fingerprint density at radius 2 is 1.55 bits per heavy atom. The van der Waals surface area contributed by atoms with Crippen LogP contribution in [-0.2, 0) is 9.53 Å². The van der Waals surface area contributed by atoms with Gasteiger partial charge in [-0.25, -0.2) is 4.79 Å². The molecule has 0 aromatic carbocycles. The number of carbonyl (C=O) groups excluding carboxylic acids is 1. The maximum Gasteiger partial charge on any atom is 0.334 e. The van der Waals surface area contributed by atoms with Crippen LogP contribution in [0, 0.1) is 0 Å². The molecule has 0 saturated heterocycles. The monoisotopic (exact) mass is 333 g/mol. The van der Waals surface area contributed by atoms with Crippen molar-refractivity contribution in [3.8, 4) is 0 Å². The molecule has 4 heteroatoms. The van der Waals surface area contributed by atoms with Gasteiger partial charge in [0, 0.05) is 5.57 Å². The quantitative estimate of drug-likeness (QED) is 0.209. The Morgan fingerprint density at radius 1 is 1.05 bits per heavy atom. The second-order valence-corrected chi connectivity index (χ2v) is 6.12. The predicted molar refractivity (Wildman–Crippen MR) is 97.5 cm³/mol. The molecule has 0 fully saturated rings. The summed E-state index contributed by atoms with van der Waals surface area (Å²) in [6.45, 7) is 5.97. The molecule has 0 radical (unpaired) electrons. The van der Waals surface area contributed by atoms with Crippen molar-refractivity contribution < 1.29 is 9.53 Å². The lowest BCUT2D eigenvalue weighted by atomic mass is 10.1. The first kappa shape index (κ1) is 23.7. The zero-order valence-electron chi connectivity index (χ0n) is 15.2. The van der Waals surface area contributed by atoms with E-state index < -0.39 is 0 Å². The lowest BCUT2D eigenvalue weighted by molar-refractivity contribution is -0.150. The van der Waals surface area contributed by atoms with Crippen LogP contribution < -0.4 is 0 Å². The number of hydrogen-bond donors (Lipinski definition) is 0. The highest BCUT2D eigenvalue weighted by Gasteiger charge is 2.12. The SMILES string of the molecule is CCCCCCCCCCC=C(C)C(=O)OC(C)N(C)C.Cl. The fourth-order valence-corrected chi connectivity index (χ4v) is 2.03. The van der Waals surface area contributed by atoms with E-state index in [0.29, 0.717) is 0 Å². The average molecular weight is 334 g/mol. The van der Waals surface area contributed by atoms with Crippen molar-refractivity contribution in [2.24, 2.45) is 0 Å². The molecule has 22 heavy (non-hydrogen) atoms. The van der Waals surface area contributed by atoms with Gasteiger partial charge in [0.1, 0.15) is 0 Å². The van der Waals surface area contributed by atoms with Gasteiger partial charge in [0.25, 0.3) is 0 Å². The molecule has 3 nitrogen and oxygen atoms in total. The molecule has 0 saturated carbocycles. The van der Waals surface area contributed by atoms with Crippen molar-refractivity contribution in [3.05, 3.63) is 11.6 Å². The van der Waals surface area contributed by atoms with Gasteiger partial charge < -0.3 is 4.74 Å². The molecule has 0 aliphatic heterocycles. The van der Waals surface area contributed by atoms with E-state index in [1.54, 1.807) is 0 Å². The first-order valence-corrected chi connectivity index (χ1v) is 8.53.